The molecule has 0 bridgehead atoms. The predicted octanol–water partition coefficient (Wildman–Crippen LogP) is 5.12. The molecule has 2 aromatic carbocycles. The molecular formula is C16H20Si. The first-order valence-electron chi connectivity index (χ1n) is 6.15. The van der Waals surface area contributed by atoms with Crippen molar-refractivity contribution in [2.24, 2.45) is 0 Å². The summed E-state index contributed by atoms with van der Waals surface area (Å²) < 4.78 is 0. The second kappa shape index (κ2) is 4.50. The van der Waals surface area contributed by atoms with Crippen LogP contribution in [0.5, 0.6) is 0 Å². The van der Waals surface area contributed by atoms with Crippen molar-refractivity contribution in [3.63, 3.8) is 0 Å². The molecule has 0 aliphatic rings. The summed E-state index contributed by atoms with van der Waals surface area (Å²) >= 11 is 0. The van der Waals surface area contributed by atoms with Crippen molar-refractivity contribution in [3.05, 3.63) is 53.7 Å². The minimum Gasteiger partial charge on any atom is -0.0915 e. The molecule has 0 N–H and O–H groups in total. The third-order valence-corrected chi connectivity index (χ3v) is 4.16. The minimum absolute atomic E-state index is 1.15. The van der Waals surface area contributed by atoms with Gasteiger partial charge in [-0.25, -0.2) is 0 Å². The smallest absolute Gasteiger partial charge is 0.0690 e. The molecule has 0 aliphatic heterocycles. The van der Waals surface area contributed by atoms with Crippen LogP contribution in [0.3, 0.4) is 0 Å². The maximum absolute atomic E-state index is 2.48. The Morgan fingerprint density at radius 1 is 0.941 bits per heavy atom. The molecule has 0 heterocycles. The molecule has 0 fully saturated rings. The first-order valence-corrected chi connectivity index (χ1v) is 9.73. The van der Waals surface area contributed by atoms with Crippen LogP contribution < -0.4 is 0 Å². The molecule has 0 atom stereocenters. The van der Waals surface area contributed by atoms with Gasteiger partial charge in [0.05, 0.1) is 8.07 Å². The van der Waals surface area contributed by atoms with E-state index in [2.05, 4.69) is 74.7 Å². The van der Waals surface area contributed by atoms with Gasteiger partial charge < -0.3 is 0 Å². The summed E-state index contributed by atoms with van der Waals surface area (Å²) in [4.78, 5) is 0. The lowest BCUT2D eigenvalue weighted by Gasteiger charge is -2.13. The van der Waals surface area contributed by atoms with Crippen LogP contribution in [-0.2, 0) is 0 Å². The lowest BCUT2D eigenvalue weighted by Crippen LogP contribution is -2.16. The molecule has 0 amide bonds. The highest BCUT2D eigenvalue weighted by molar-refractivity contribution is 6.81. The highest BCUT2D eigenvalue weighted by atomic mass is 28.3. The molecule has 2 rings (SSSR count). The molecule has 0 nitrogen and oxygen atoms in total. The second-order valence-electron chi connectivity index (χ2n) is 5.72. The maximum atomic E-state index is 2.48. The van der Waals surface area contributed by atoms with Crippen LogP contribution in [0, 0.1) is 0 Å². The van der Waals surface area contributed by atoms with Crippen LogP contribution in [0.25, 0.3) is 16.3 Å². The lowest BCUT2D eigenvalue weighted by molar-refractivity contribution is 1.61. The quantitative estimate of drug-likeness (QED) is 0.639. The third kappa shape index (κ3) is 2.86. The van der Waals surface area contributed by atoms with Crippen LogP contribution in [0.15, 0.2) is 48.2 Å². The Labute approximate surface area is 105 Å². The van der Waals surface area contributed by atoms with Crippen molar-refractivity contribution in [2.75, 3.05) is 0 Å². The standard InChI is InChI=1S/C16H20Si/c1-13(12-17(2,3)4)15-11-7-9-14-8-5-6-10-16(14)15/h5-12H,1-4H3/b13-12+. The van der Waals surface area contributed by atoms with Gasteiger partial charge in [-0.05, 0) is 23.3 Å². The Balaban J connectivity index is 2.60. The molecule has 0 aromatic heterocycles. The van der Waals surface area contributed by atoms with Crippen molar-refractivity contribution >= 4 is 24.4 Å². The van der Waals surface area contributed by atoms with E-state index in [-0.39, 0.29) is 0 Å². The fourth-order valence-corrected chi connectivity index (χ4v) is 3.75. The number of hydrogen-bond donors (Lipinski definition) is 0. The maximum Gasteiger partial charge on any atom is 0.0690 e. The number of rotatable bonds is 2. The average Bonchev–Trinajstić information content (AvgIpc) is 2.26. The first-order chi connectivity index (χ1) is 7.97. The molecule has 0 saturated carbocycles. The van der Waals surface area contributed by atoms with Crippen molar-refractivity contribution < 1.29 is 0 Å². The fourth-order valence-electron chi connectivity index (χ4n) is 2.30. The van der Waals surface area contributed by atoms with Crippen molar-refractivity contribution in [1.82, 2.24) is 0 Å². The van der Waals surface area contributed by atoms with Gasteiger partial charge in [-0.3, -0.25) is 0 Å². The Kier molecular flexibility index (Phi) is 3.21. The number of benzene rings is 2. The van der Waals surface area contributed by atoms with E-state index < -0.39 is 8.07 Å². The molecule has 1 heteroatoms. The van der Waals surface area contributed by atoms with E-state index in [0.717, 1.165) is 0 Å². The molecule has 2 aromatic rings. The Hall–Kier alpha value is -1.34. The molecule has 17 heavy (non-hydrogen) atoms. The van der Waals surface area contributed by atoms with E-state index >= 15 is 0 Å². The highest BCUT2D eigenvalue weighted by Crippen LogP contribution is 2.26. The predicted molar refractivity (Wildman–Crippen MR) is 80.9 cm³/mol. The summed E-state index contributed by atoms with van der Waals surface area (Å²) in [6.07, 6.45) is 0. The van der Waals surface area contributed by atoms with Gasteiger partial charge in [-0.1, -0.05) is 73.4 Å². The first kappa shape index (κ1) is 12.1. The van der Waals surface area contributed by atoms with E-state index in [9.17, 15) is 0 Å². The van der Waals surface area contributed by atoms with E-state index in [1.165, 1.54) is 21.9 Å². The summed E-state index contributed by atoms with van der Waals surface area (Å²) in [5.74, 6) is 0. The monoisotopic (exact) mass is 240 g/mol. The summed E-state index contributed by atoms with van der Waals surface area (Å²) in [5.41, 5.74) is 5.28. The largest absolute Gasteiger partial charge is 0.0915 e. The zero-order valence-electron chi connectivity index (χ0n) is 11.1. The zero-order valence-corrected chi connectivity index (χ0v) is 12.1. The van der Waals surface area contributed by atoms with Gasteiger partial charge in [-0.15, -0.1) is 0 Å². The van der Waals surface area contributed by atoms with E-state index in [1.807, 2.05) is 0 Å². The van der Waals surface area contributed by atoms with E-state index in [0.29, 0.717) is 0 Å². The van der Waals surface area contributed by atoms with Gasteiger partial charge in [0, 0.05) is 0 Å². The van der Waals surface area contributed by atoms with Gasteiger partial charge in [-0.2, -0.15) is 0 Å². The molecule has 0 saturated heterocycles. The average molecular weight is 240 g/mol. The van der Waals surface area contributed by atoms with Gasteiger partial charge in [0.1, 0.15) is 0 Å². The number of hydrogen-bond acceptors (Lipinski definition) is 0. The molecule has 0 aliphatic carbocycles. The van der Waals surface area contributed by atoms with Crippen LogP contribution in [0.1, 0.15) is 12.5 Å². The minimum atomic E-state index is -1.15. The second-order valence-corrected chi connectivity index (χ2v) is 10.7. The van der Waals surface area contributed by atoms with Crippen molar-refractivity contribution in [2.45, 2.75) is 26.6 Å². The molecule has 0 spiro atoms. The SMILES string of the molecule is C/C(=C\[Si](C)(C)C)c1cccc2ccccc12. The van der Waals surface area contributed by atoms with Crippen LogP contribution in [0.2, 0.25) is 19.6 Å². The van der Waals surface area contributed by atoms with Crippen LogP contribution in [0.4, 0.5) is 0 Å². The van der Waals surface area contributed by atoms with Crippen molar-refractivity contribution in [3.8, 4) is 0 Å². The Morgan fingerprint density at radius 2 is 1.59 bits per heavy atom. The Bertz CT molecular complexity index is 554. The highest BCUT2D eigenvalue weighted by Gasteiger charge is 2.11. The molecule has 0 radical (unpaired) electrons. The fraction of sp³-hybridized carbons (Fsp3) is 0.250. The van der Waals surface area contributed by atoms with E-state index in [4.69, 9.17) is 0 Å². The summed E-state index contributed by atoms with van der Waals surface area (Å²) in [5, 5.41) is 2.69. The van der Waals surface area contributed by atoms with Gasteiger partial charge in [0.15, 0.2) is 0 Å². The molecular weight excluding hydrogens is 220 g/mol. The molecule has 0 unspecified atom stereocenters. The lowest BCUT2D eigenvalue weighted by atomic mass is 10.0. The van der Waals surface area contributed by atoms with E-state index in [1.54, 1.807) is 0 Å². The van der Waals surface area contributed by atoms with Gasteiger partial charge >= 0.3 is 0 Å². The zero-order chi connectivity index (χ0) is 12.5. The molecule has 88 valence electrons. The Morgan fingerprint density at radius 3 is 2.29 bits per heavy atom. The normalized spacial score (nSPS) is 13.1. The summed E-state index contributed by atoms with van der Waals surface area (Å²) in [6.45, 7) is 9.37. The van der Waals surface area contributed by atoms with Gasteiger partial charge in [0.25, 0.3) is 0 Å². The van der Waals surface area contributed by atoms with Crippen LogP contribution >= 0.6 is 0 Å². The number of fused-ring (bicyclic) bond motifs is 1. The van der Waals surface area contributed by atoms with Crippen LogP contribution in [-0.4, -0.2) is 8.07 Å². The topological polar surface area (TPSA) is 0 Å². The number of allylic oxidation sites excluding steroid dienone is 1. The third-order valence-electron chi connectivity index (χ3n) is 2.86. The van der Waals surface area contributed by atoms with Crippen molar-refractivity contribution in [1.29, 1.82) is 0 Å². The summed E-state index contributed by atoms with van der Waals surface area (Å²) in [6, 6.07) is 15.2. The summed E-state index contributed by atoms with van der Waals surface area (Å²) in [7, 11) is -1.15. The van der Waals surface area contributed by atoms with Gasteiger partial charge in [0.2, 0.25) is 0 Å².